The van der Waals surface area contributed by atoms with Crippen molar-refractivity contribution in [3.05, 3.63) is 100 Å². The monoisotopic (exact) mass is 431 g/mol. The van der Waals surface area contributed by atoms with E-state index in [9.17, 15) is 14.9 Å². The molecule has 0 saturated heterocycles. The third-order valence-electron chi connectivity index (χ3n) is 5.07. The number of thioether (sulfide) groups is 1. The molecule has 3 aromatic carbocycles. The summed E-state index contributed by atoms with van der Waals surface area (Å²) < 4.78 is 2.22. The molecule has 1 N–H and O–H groups in total. The number of nitro groups is 1. The quantitative estimate of drug-likeness (QED) is 0.233. The Balaban J connectivity index is 1.47. The molecule has 0 atom stereocenters. The van der Waals surface area contributed by atoms with E-state index in [1.165, 1.54) is 47.2 Å². The molecule has 31 heavy (non-hydrogen) atoms. The molecule has 4 rings (SSSR count). The molecule has 1 heterocycles. The van der Waals surface area contributed by atoms with Crippen molar-refractivity contribution >= 4 is 39.9 Å². The number of anilines is 1. The second-order valence-corrected chi connectivity index (χ2v) is 8.22. The maximum absolute atomic E-state index is 12.4. The van der Waals surface area contributed by atoms with Gasteiger partial charge >= 0.3 is 0 Å². The molecule has 7 heteroatoms. The van der Waals surface area contributed by atoms with Gasteiger partial charge in [0.25, 0.3) is 5.69 Å². The molecule has 0 aliphatic carbocycles. The second kappa shape index (κ2) is 9.06. The highest BCUT2D eigenvalue weighted by molar-refractivity contribution is 8.00. The molecule has 0 aliphatic rings. The predicted octanol–water partition coefficient (Wildman–Crippen LogP) is 5.64. The van der Waals surface area contributed by atoms with Crippen LogP contribution in [0.15, 0.2) is 83.9 Å². The minimum absolute atomic E-state index is 0.00571. The minimum Gasteiger partial charge on any atom is -0.342 e. The van der Waals surface area contributed by atoms with Crippen LogP contribution >= 0.6 is 11.8 Å². The van der Waals surface area contributed by atoms with Gasteiger partial charge in [0.15, 0.2) is 0 Å². The Morgan fingerprint density at radius 3 is 2.48 bits per heavy atom. The number of non-ortho nitro benzene ring substituents is 1. The van der Waals surface area contributed by atoms with Crippen LogP contribution in [0.25, 0.3) is 10.9 Å². The van der Waals surface area contributed by atoms with E-state index in [1.54, 1.807) is 0 Å². The third-order valence-corrected chi connectivity index (χ3v) is 6.12. The van der Waals surface area contributed by atoms with E-state index in [4.69, 9.17) is 0 Å². The van der Waals surface area contributed by atoms with Crippen molar-refractivity contribution in [1.82, 2.24) is 4.57 Å². The zero-order chi connectivity index (χ0) is 21.8. The van der Waals surface area contributed by atoms with Crippen LogP contribution in [-0.4, -0.2) is 21.2 Å². The van der Waals surface area contributed by atoms with Crippen molar-refractivity contribution in [2.24, 2.45) is 0 Å². The molecule has 1 amide bonds. The van der Waals surface area contributed by atoms with Crippen molar-refractivity contribution in [2.75, 3.05) is 11.1 Å². The molecule has 0 bridgehead atoms. The standard InChI is InChI=1S/C24H21N3O3S/c1-17-6-2-3-7-18(17)14-26-15-23(21-8-4-5-9-22(21)26)31-16-24(28)25-19-10-12-20(13-11-19)27(29)30/h2-13,15H,14,16H2,1H3,(H,25,28). The van der Waals surface area contributed by atoms with Crippen LogP contribution in [0, 0.1) is 17.0 Å². The fraction of sp³-hybridized carbons (Fsp3) is 0.125. The number of hydrogen-bond donors (Lipinski definition) is 1. The summed E-state index contributed by atoms with van der Waals surface area (Å²) in [6.45, 7) is 2.88. The number of aryl methyl sites for hydroxylation is 1. The molecule has 1 aromatic heterocycles. The number of aromatic nitrogens is 1. The number of carbonyl (C=O) groups is 1. The second-order valence-electron chi connectivity index (χ2n) is 7.21. The van der Waals surface area contributed by atoms with Gasteiger partial charge in [0.1, 0.15) is 0 Å². The lowest BCUT2D eigenvalue weighted by Crippen LogP contribution is -2.13. The number of fused-ring (bicyclic) bond motifs is 1. The topological polar surface area (TPSA) is 77.2 Å². The van der Waals surface area contributed by atoms with E-state index >= 15 is 0 Å². The molecule has 6 nitrogen and oxygen atoms in total. The summed E-state index contributed by atoms with van der Waals surface area (Å²) in [4.78, 5) is 23.7. The van der Waals surface area contributed by atoms with Crippen LogP contribution in [0.5, 0.6) is 0 Å². The van der Waals surface area contributed by atoms with Gasteiger partial charge in [-0.05, 0) is 36.2 Å². The van der Waals surface area contributed by atoms with Crippen LogP contribution in [0.4, 0.5) is 11.4 Å². The average Bonchev–Trinajstić information content (AvgIpc) is 3.12. The smallest absolute Gasteiger partial charge is 0.269 e. The molecular weight excluding hydrogens is 410 g/mol. The first kappa shape index (κ1) is 20.7. The molecule has 156 valence electrons. The molecule has 0 radical (unpaired) electrons. The Morgan fingerprint density at radius 1 is 1.03 bits per heavy atom. The van der Waals surface area contributed by atoms with Gasteiger partial charge in [0.05, 0.1) is 10.7 Å². The summed E-state index contributed by atoms with van der Waals surface area (Å²) in [5.41, 5.74) is 4.17. The number of nitrogens with zero attached hydrogens (tertiary/aromatic N) is 2. The fourth-order valence-electron chi connectivity index (χ4n) is 3.44. The van der Waals surface area contributed by atoms with Crippen molar-refractivity contribution in [1.29, 1.82) is 0 Å². The fourth-order valence-corrected chi connectivity index (χ4v) is 4.33. The van der Waals surface area contributed by atoms with E-state index in [1.807, 2.05) is 24.3 Å². The Hall–Kier alpha value is -3.58. The number of rotatable bonds is 7. The number of benzene rings is 3. The number of carbonyl (C=O) groups excluding carboxylic acids is 1. The Bertz CT molecular complexity index is 1250. The van der Waals surface area contributed by atoms with Gasteiger partial charge in [-0.15, -0.1) is 11.8 Å². The van der Waals surface area contributed by atoms with Gasteiger partial charge in [0.2, 0.25) is 5.91 Å². The van der Waals surface area contributed by atoms with Gasteiger partial charge < -0.3 is 9.88 Å². The largest absolute Gasteiger partial charge is 0.342 e. The van der Waals surface area contributed by atoms with Crippen LogP contribution in [-0.2, 0) is 11.3 Å². The van der Waals surface area contributed by atoms with Gasteiger partial charge in [-0.2, -0.15) is 0 Å². The van der Waals surface area contributed by atoms with Crippen LogP contribution in [0.2, 0.25) is 0 Å². The van der Waals surface area contributed by atoms with E-state index in [-0.39, 0.29) is 17.3 Å². The first-order valence-corrected chi connectivity index (χ1v) is 10.8. The molecule has 0 fully saturated rings. The molecule has 0 unspecified atom stereocenters. The Kier molecular flexibility index (Phi) is 6.04. The molecule has 0 spiro atoms. The summed E-state index contributed by atoms with van der Waals surface area (Å²) in [6.07, 6.45) is 2.10. The molecule has 0 aliphatic heterocycles. The summed E-state index contributed by atoms with van der Waals surface area (Å²) >= 11 is 1.48. The van der Waals surface area contributed by atoms with Gasteiger partial charge in [-0.25, -0.2) is 0 Å². The average molecular weight is 432 g/mol. The highest BCUT2D eigenvalue weighted by Gasteiger charge is 2.12. The first-order chi connectivity index (χ1) is 15.0. The summed E-state index contributed by atoms with van der Waals surface area (Å²) in [6, 6.07) is 22.3. The van der Waals surface area contributed by atoms with Gasteiger partial charge in [-0.3, -0.25) is 14.9 Å². The number of nitrogens with one attached hydrogen (secondary N) is 1. The van der Waals surface area contributed by atoms with E-state index < -0.39 is 4.92 Å². The maximum atomic E-state index is 12.4. The first-order valence-electron chi connectivity index (χ1n) is 9.81. The lowest BCUT2D eigenvalue weighted by molar-refractivity contribution is -0.384. The highest BCUT2D eigenvalue weighted by atomic mass is 32.2. The predicted molar refractivity (Wildman–Crippen MR) is 125 cm³/mol. The Morgan fingerprint density at radius 2 is 1.74 bits per heavy atom. The summed E-state index contributed by atoms with van der Waals surface area (Å²) in [5, 5.41) is 14.7. The van der Waals surface area contributed by atoms with Crippen LogP contribution in [0.1, 0.15) is 11.1 Å². The normalized spacial score (nSPS) is 10.9. The SMILES string of the molecule is Cc1ccccc1Cn1cc(SCC(=O)Nc2ccc([N+](=O)[O-])cc2)c2ccccc21. The zero-order valence-corrected chi connectivity index (χ0v) is 17.8. The third kappa shape index (κ3) is 4.78. The number of amides is 1. The molecule has 4 aromatic rings. The van der Waals surface area contributed by atoms with Crippen molar-refractivity contribution in [3.63, 3.8) is 0 Å². The minimum atomic E-state index is -0.464. The van der Waals surface area contributed by atoms with Crippen LogP contribution < -0.4 is 5.32 Å². The Labute approximate surface area is 184 Å². The molecular formula is C24H21N3O3S. The van der Waals surface area contributed by atoms with Crippen LogP contribution in [0.3, 0.4) is 0 Å². The highest BCUT2D eigenvalue weighted by Crippen LogP contribution is 2.31. The number of nitro benzene ring substituents is 1. The van der Waals surface area contributed by atoms with Crippen molar-refractivity contribution in [2.45, 2.75) is 18.4 Å². The van der Waals surface area contributed by atoms with Gasteiger partial charge in [-0.1, -0.05) is 42.5 Å². The maximum Gasteiger partial charge on any atom is 0.269 e. The van der Waals surface area contributed by atoms with Crippen molar-refractivity contribution in [3.8, 4) is 0 Å². The molecule has 0 saturated carbocycles. The van der Waals surface area contributed by atoms with Gasteiger partial charge in [0, 0.05) is 46.4 Å². The lowest BCUT2D eigenvalue weighted by Gasteiger charge is -2.08. The number of para-hydroxylation sites is 1. The summed E-state index contributed by atoms with van der Waals surface area (Å²) in [7, 11) is 0. The van der Waals surface area contributed by atoms with E-state index in [2.05, 4.69) is 47.3 Å². The van der Waals surface area contributed by atoms with Crippen molar-refractivity contribution < 1.29 is 9.72 Å². The lowest BCUT2D eigenvalue weighted by atomic mass is 10.1. The number of hydrogen-bond acceptors (Lipinski definition) is 4. The summed E-state index contributed by atoms with van der Waals surface area (Å²) in [5.74, 6) is 0.0876. The van der Waals surface area contributed by atoms with E-state index in [0.29, 0.717) is 5.69 Å². The van der Waals surface area contributed by atoms with E-state index in [0.717, 1.165) is 22.3 Å². The zero-order valence-electron chi connectivity index (χ0n) is 16.9.